The van der Waals surface area contributed by atoms with Crippen LogP contribution in [0.3, 0.4) is 0 Å². The van der Waals surface area contributed by atoms with E-state index in [1.54, 1.807) is 0 Å². The first-order valence-electron chi connectivity index (χ1n) is 6.37. The highest BCUT2D eigenvalue weighted by molar-refractivity contribution is 6.18. The van der Waals surface area contributed by atoms with Crippen LogP contribution in [0.15, 0.2) is 24.3 Å². The van der Waals surface area contributed by atoms with Crippen LogP contribution in [0.25, 0.3) is 0 Å². The van der Waals surface area contributed by atoms with E-state index in [-0.39, 0.29) is 12.3 Å². The molecule has 1 amide bonds. The minimum absolute atomic E-state index is 0.0404. The average Bonchev–Trinajstić information content (AvgIpc) is 2.43. The lowest BCUT2D eigenvalue weighted by molar-refractivity contribution is -0.137. The van der Waals surface area contributed by atoms with E-state index in [1.807, 2.05) is 0 Å². The molecule has 0 N–H and O–H groups in total. The molecule has 0 aliphatic carbocycles. The van der Waals surface area contributed by atoms with Gasteiger partial charge < -0.3 is 9.64 Å². The first kappa shape index (κ1) is 17.8. The fraction of sp³-hybridized carbons (Fsp3) is 0.500. The second-order valence-electron chi connectivity index (χ2n) is 4.43. The van der Waals surface area contributed by atoms with Gasteiger partial charge in [-0.2, -0.15) is 13.2 Å². The third-order valence-corrected chi connectivity index (χ3v) is 3.08. The number of ether oxygens (including phenoxy) is 1. The van der Waals surface area contributed by atoms with E-state index in [4.69, 9.17) is 16.3 Å². The van der Waals surface area contributed by atoms with Crippen LogP contribution < -0.4 is 0 Å². The Morgan fingerprint density at radius 3 is 2.33 bits per heavy atom. The molecule has 0 unspecified atom stereocenters. The molecule has 0 heterocycles. The van der Waals surface area contributed by atoms with Gasteiger partial charge in [-0.3, -0.25) is 4.79 Å². The van der Waals surface area contributed by atoms with Crippen LogP contribution in [0.5, 0.6) is 0 Å². The predicted molar refractivity (Wildman–Crippen MR) is 74.3 cm³/mol. The van der Waals surface area contributed by atoms with Gasteiger partial charge in [0, 0.05) is 26.1 Å². The van der Waals surface area contributed by atoms with Crippen molar-refractivity contribution < 1.29 is 22.7 Å². The Bertz CT molecular complexity index is 449. The summed E-state index contributed by atoms with van der Waals surface area (Å²) >= 11 is 5.63. The van der Waals surface area contributed by atoms with Crippen LogP contribution in [-0.2, 0) is 22.1 Å². The molecule has 0 atom stereocenters. The third-order valence-electron chi connectivity index (χ3n) is 2.91. The zero-order valence-corrected chi connectivity index (χ0v) is 12.4. The molecular weight excluding hydrogens is 307 g/mol. The molecule has 21 heavy (non-hydrogen) atoms. The predicted octanol–water partition coefficient (Wildman–Crippen LogP) is 2.96. The molecule has 0 aliphatic heterocycles. The fourth-order valence-electron chi connectivity index (χ4n) is 1.76. The van der Waals surface area contributed by atoms with Gasteiger partial charge in [0.15, 0.2) is 0 Å². The van der Waals surface area contributed by atoms with Crippen molar-refractivity contribution in [1.82, 2.24) is 4.90 Å². The van der Waals surface area contributed by atoms with Crippen molar-refractivity contribution in [3.63, 3.8) is 0 Å². The van der Waals surface area contributed by atoms with Gasteiger partial charge in [0.25, 0.3) is 0 Å². The molecule has 1 aromatic rings. The summed E-state index contributed by atoms with van der Waals surface area (Å²) in [6.07, 6.45) is -4.33. The Hall–Kier alpha value is -1.27. The number of rotatable bonds is 7. The lowest BCUT2D eigenvalue weighted by atomic mass is 10.1. The molecular formula is C14H17ClF3NO2. The summed E-state index contributed by atoms with van der Waals surface area (Å²) in [6, 6.07) is 4.58. The van der Waals surface area contributed by atoms with Crippen molar-refractivity contribution in [2.45, 2.75) is 12.6 Å². The van der Waals surface area contributed by atoms with Crippen LogP contribution in [0.1, 0.15) is 11.1 Å². The molecule has 118 valence electrons. The number of alkyl halides is 4. The van der Waals surface area contributed by atoms with E-state index in [2.05, 4.69) is 0 Å². The summed E-state index contributed by atoms with van der Waals surface area (Å²) < 4.78 is 42.2. The van der Waals surface area contributed by atoms with E-state index in [1.165, 1.54) is 24.1 Å². The molecule has 0 spiro atoms. The molecule has 0 fully saturated rings. The molecule has 0 aliphatic rings. The molecule has 1 rings (SSSR count). The van der Waals surface area contributed by atoms with Gasteiger partial charge in [-0.05, 0) is 17.7 Å². The van der Waals surface area contributed by atoms with Gasteiger partial charge in [-0.15, -0.1) is 11.6 Å². The van der Waals surface area contributed by atoms with E-state index in [0.717, 1.165) is 12.1 Å². The maximum Gasteiger partial charge on any atom is 0.416 e. The van der Waals surface area contributed by atoms with E-state index >= 15 is 0 Å². The Balaban J connectivity index is 2.67. The maximum absolute atomic E-state index is 12.4. The lowest BCUT2D eigenvalue weighted by Crippen LogP contribution is -2.36. The Morgan fingerprint density at radius 2 is 1.86 bits per heavy atom. The zero-order chi connectivity index (χ0) is 15.9. The standard InChI is InChI=1S/C14H17ClF3NO2/c1-21-9-8-19(7-6-15)13(20)10-11-2-4-12(5-3-11)14(16,17)18/h2-5H,6-10H2,1H3. The molecule has 7 heteroatoms. The first-order chi connectivity index (χ1) is 9.88. The van der Waals surface area contributed by atoms with Gasteiger partial charge >= 0.3 is 6.18 Å². The summed E-state index contributed by atoms with van der Waals surface area (Å²) in [6.45, 7) is 1.17. The summed E-state index contributed by atoms with van der Waals surface area (Å²) in [7, 11) is 1.53. The first-order valence-corrected chi connectivity index (χ1v) is 6.90. The van der Waals surface area contributed by atoms with Crippen LogP contribution in [0, 0.1) is 0 Å². The van der Waals surface area contributed by atoms with Crippen molar-refractivity contribution in [2.75, 3.05) is 32.7 Å². The molecule has 0 aromatic heterocycles. The monoisotopic (exact) mass is 323 g/mol. The number of carbonyl (C=O) groups excluding carboxylic acids is 1. The Kier molecular flexibility index (Phi) is 6.98. The molecule has 0 saturated heterocycles. The normalized spacial score (nSPS) is 11.5. The molecule has 0 bridgehead atoms. The maximum atomic E-state index is 12.4. The molecule has 0 saturated carbocycles. The quantitative estimate of drug-likeness (QED) is 0.722. The topological polar surface area (TPSA) is 29.5 Å². The number of benzene rings is 1. The second kappa shape index (κ2) is 8.24. The highest BCUT2D eigenvalue weighted by atomic mass is 35.5. The van der Waals surface area contributed by atoms with Gasteiger partial charge in [0.1, 0.15) is 0 Å². The number of amides is 1. The van der Waals surface area contributed by atoms with Gasteiger partial charge in [0.2, 0.25) is 5.91 Å². The van der Waals surface area contributed by atoms with Crippen molar-refractivity contribution in [3.8, 4) is 0 Å². The third kappa shape index (κ3) is 5.93. The van der Waals surface area contributed by atoms with Crippen molar-refractivity contribution in [2.24, 2.45) is 0 Å². The molecule has 0 radical (unpaired) electrons. The SMILES string of the molecule is COCCN(CCCl)C(=O)Cc1ccc(C(F)(F)F)cc1. The summed E-state index contributed by atoms with van der Waals surface area (Å²) in [5, 5.41) is 0. The number of nitrogens with zero attached hydrogens (tertiary/aromatic N) is 1. The summed E-state index contributed by atoms with van der Waals surface area (Å²) in [4.78, 5) is 13.6. The zero-order valence-electron chi connectivity index (χ0n) is 11.6. The molecule has 1 aromatic carbocycles. The van der Waals surface area contributed by atoms with E-state index in [0.29, 0.717) is 31.1 Å². The van der Waals surface area contributed by atoms with Crippen molar-refractivity contribution in [3.05, 3.63) is 35.4 Å². The second-order valence-corrected chi connectivity index (χ2v) is 4.81. The number of carbonyl (C=O) groups is 1. The van der Waals surface area contributed by atoms with E-state index < -0.39 is 11.7 Å². The number of methoxy groups -OCH3 is 1. The number of hydrogen-bond donors (Lipinski definition) is 0. The van der Waals surface area contributed by atoms with Gasteiger partial charge in [-0.1, -0.05) is 12.1 Å². The van der Waals surface area contributed by atoms with E-state index in [9.17, 15) is 18.0 Å². The smallest absolute Gasteiger partial charge is 0.383 e. The van der Waals surface area contributed by atoms with Gasteiger partial charge in [-0.25, -0.2) is 0 Å². The van der Waals surface area contributed by atoms with Crippen LogP contribution >= 0.6 is 11.6 Å². The minimum Gasteiger partial charge on any atom is -0.383 e. The highest BCUT2D eigenvalue weighted by Crippen LogP contribution is 2.29. The van der Waals surface area contributed by atoms with Crippen molar-refractivity contribution >= 4 is 17.5 Å². The largest absolute Gasteiger partial charge is 0.416 e. The Morgan fingerprint density at radius 1 is 1.24 bits per heavy atom. The van der Waals surface area contributed by atoms with Crippen LogP contribution in [0.2, 0.25) is 0 Å². The van der Waals surface area contributed by atoms with Crippen LogP contribution in [0.4, 0.5) is 13.2 Å². The number of hydrogen-bond acceptors (Lipinski definition) is 2. The summed E-state index contributed by atoms with van der Waals surface area (Å²) in [5.74, 6) is 0.107. The highest BCUT2D eigenvalue weighted by Gasteiger charge is 2.30. The van der Waals surface area contributed by atoms with Crippen LogP contribution in [-0.4, -0.2) is 43.5 Å². The lowest BCUT2D eigenvalue weighted by Gasteiger charge is -2.21. The summed E-state index contributed by atoms with van der Waals surface area (Å²) in [5.41, 5.74) is -0.194. The molecule has 3 nitrogen and oxygen atoms in total. The fourth-order valence-corrected chi connectivity index (χ4v) is 1.97. The number of halogens is 4. The van der Waals surface area contributed by atoms with Gasteiger partial charge in [0.05, 0.1) is 18.6 Å². The average molecular weight is 324 g/mol. The Labute approximate surface area is 126 Å². The minimum atomic E-state index is -4.37. The van der Waals surface area contributed by atoms with Crippen molar-refractivity contribution in [1.29, 1.82) is 0 Å².